The number of aromatic carboxylic acids is 1. The van der Waals surface area contributed by atoms with E-state index in [4.69, 9.17) is 5.11 Å². The summed E-state index contributed by atoms with van der Waals surface area (Å²) in [5.74, 6) is -0.156. The van der Waals surface area contributed by atoms with Crippen molar-refractivity contribution in [2.75, 3.05) is 12.8 Å². The molecule has 1 aromatic rings. The van der Waals surface area contributed by atoms with Gasteiger partial charge in [-0.1, -0.05) is 6.92 Å². The minimum atomic E-state index is -1.05. The summed E-state index contributed by atoms with van der Waals surface area (Å²) in [5, 5.41) is 9.60. The molecule has 2 atom stereocenters. The molecule has 0 saturated heterocycles. The molecule has 0 bridgehead atoms. The monoisotopic (exact) mass is 308 g/mol. The number of carbonyl (C=O) groups is 2. The Morgan fingerprint density at radius 3 is 2.90 bits per heavy atom. The van der Waals surface area contributed by atoms with Gasteiger partial charge >= 0.3 is 5.97 Å². The molecule has 1 aromatic heterocycles. The van der Waals surface area contributed by atoms with E-state index in [0.29, 0.717) is 5.25 Å². The third kappa shape index (κ3) is 3.75. The molecule has 1 saturated carbocycles. The molecule has 1 N–H and O–H groups in total. The molecule has 1 amide bonds. The quantitative estimate of drug-likeness (QED) is 0.905. The second-order valence-corrected chi connectivity index (χ2v) is 6.77. The van der Waals surface area contributed by atoms with E-state index < -0.39 is 5.97 Å². The summed E-state index contributed by atoms with van der Waals surface area (Å²) in [6.07, 6.45) is 4.50. The Labute approximate surface area is 128 Å². The van der Waals surface area contributed by atoms with Gasteiger partial charge in [0.25, 0.3) is 5.91 Å². The Kier molecular flexibility index (Phi) is 5.22. The van der Waals surface area contributed by atoms with Crippen LogP contribution in [0.4, 0.5) is 0 Å². The summed E-state index contributed by atoms with van der Waals surface area (Å²) in [5.41, 5.74) is 0.289. The lowest BCUT2D eigenvalue weighted by Crippen LogP contribution is -2.36. The van der Waals surface area contributed by atoms with E-state index in [-0.39, 0.29) is 23.2 Å². The first-order valence-corrected chi connectivity index (χ1v) is 8.16. The molecule has 1 aliphatic carbocycles. The van der Waals surface area contributed by atoms with E-state index in [1.54, 1.807) is 11.9 Å². The molecule has 0 spiro atoms. The Bertz CT molecular complexity index is 535. The average molecular weight is 308 g/mol. The number of hydrogen-bond donors (Lipinski definition) is 1. The number of carboxylic acids is 1. The van der Waals surface area contributed by atoms with Gasteiger partial charge in [0.2, 0.25) is 0 Å². The van der Waals surface area contributed by atoms with Gasteiger partial charge in [0.1, 0.15) is 5.69 Å². The van der Waals surface area contributed by atoms with Crippen molar-refractivity contribution in [3.05, 3.63) is 29.6 Å². The summed E-state index contributed by atoms with van der Waals surface area (Å²) in [6.45, 7) is 2.15. The maximum atomic E-state index is 12.4. The number of amides is 1. The van der Waals surface area contributed by atoms with E-state index in [0.717, 1.165) is 25.0 Å². The Hall–Kier alpha value is -1.56. The number of thioether (sulfide) groups is 1. The van der Waals surface area contributed by atoms with E-state index in [1.807, 2.05) is 11.8 Å². The molecule has 6 heteroatoms. The second-order valence-electron chi connectivity index (χ2n) is 5.20. The molecule has 114 valence electrons. The highest BCUT2D eigenvalue weighted by Crippen LogP contribution is 2.32. The number of rotatable bonds is 5. The second kappa shape index (κ2) is 6.93. The first kappa shape index (κ1) is 15.8. The van der Waals surface area contributed by atoms with Crippen LogP contribution in [0, 0.1) is 0 Å². The van der Waals surface area contributed by atoms with Crippen molar-refractivity contribution in [3.63, 3.8) is 0 Å². The van der Waals surface area contributed by atoms with Crippen molar-refractivity contribution in [3.8, 4) is 0 Å². The van der Waals surface area contributed by atoms with Crippen LogP contribution in [0.5, 0.6) is 0 Å². The fourth-order valence-electron chi connectivity index (χ4n) is 2.68. The molecule has 5 nitrogen and oxygen atoms in total. The van der Waals surface area contributed by atoms with Gasteiger partial charge in [-0.25, -0.2) is 4.79 Å². The molecule has 0 radical (unpaired) electrons. The van der Waals surface area contributed by atoms with Gasteiger partial charge in [-0.2, -0.15) is 11.8 Å². The Morgan fingerprint density at radius 1 is 1.48 bits per heavy atom. The Morgan fingerprint density at radius 2 is 2.24 bits per heavy atom. The zero-order valence-corrected chi connectivity index (χ0v) is 13.1. The predicted molar refractivity (Wildman–Crippen MR) is 82.8 cm³/mol. The predicted octanol–water partition coefficient (Wildman–Crippen LogP) is 2.53. The lowest BCUT2D eigenvalue weighted by Gasteiger charge is -2.24. The van der Waals surface area contributed by atoms with E-state index in [1.165, 1.54) is 18.3 Å². The minimum Gasteiger partial charge on any atom is -0.478 e. The number of aromatic nitrogens is 1. The largest absolute Gasteiger partial charge is 0.478 e. The summed E-state index contributed by atoms with van der Waals surface area (Å²) in [7, 11) is 1.78. The van der Waals surface area contributed by atoms with Crippen LogP contribution in [0.1, 0.15) is 47.0 Å². The molecular formula is C15H20N2O3S. The first-order valence-electron chi connectivity index (χ1n) is 7.11. The summed E-state index contributed by atoms with van der Waals surface area (Å²) in [6, 6.07) is 2.95. The fourth-order valence-corrected chi connectivity index (χ4v) is 3.82. The van der Waals surface area contributed by atoms with Gasteiger partial charge in [0, 0.05) is 24.5 Å². The number of hydrogen-bond acceptors (Lipinski definition) is 4. The van der Waals surface area contributed by atoms with Gasteiger partial charge in [0.15, 0.2) is 0 Å². The number of nitrogens with zero attached hydrogens (tertiary/aromatic N) is 2. The summed E-state index contributed by atoms with van der Waals surface area (Å²) < 4.78 is 0. The van der Waals surface area contributed by atoms with E-state index >= 15 is 0 Å². The topological polar surface area (TPSA) is 70.5 Å². The maximum absolute atomic E-state index is 12.4. The highest BCUT2D eigenvalue weighted by molar-refractivity contribution is 7.99. The van der Waals surface area contributed by atoms with Gasteiger partial charge in [-0.05, 0) is 37.1 Å². The minimum absolute atomic E-state index is 0.0904. The molecule has 0 aliphatic heterocycles. The zero-order chi connectivity index (χ0) is 15.4. The molecule has 1 aliphatic rings. The highest BCUT2D eigenvalue weighted by Gasteiger charge is 2.30. The van der Waals surface area contributed by atoms with Crippen molar-refractivity contribution >= 4 is 23.6 Å². The Balaban J connectivity index is 2.06. The number of carboxylic acid groups (broad SMARTS) is 1. The van der Waals surface area contributed by atoms with Crippen molar-refractivity contribution in [2.45, 2.75) is 37.5 Å². The van der Waals surface area contributed by atoms with Crippen LogP contribution in [-0.4, -0.2) is 51.0 Å². The average Bonchev–Trinajstić information content (AvgIpc) is 2.95. The van der Waals surface area contributed by atoms with Crippen LogP contribution in [-0.2, 0) is 0 Å². The van der Waals surface area contributed by atoms with E-state index in [9.17, 15) is 9.59 Å². The van der Waals surface area contributed by atoms with E-state index in [2.05, 4.69) is 11.9 Å². The number of carbonyl (C=O) groups excluding carboxylic acids is 1. The standard InChI is InChI=1S/C15H20N2O3S/c1-3-21-12-5-4-11(9-12)17(2)14(18)13-8-10(15(19)20)6-7-16-13/h6-8,11-12H,3-5,9H2,1-2H3,(H,19,20). The molecule has 2 unspecified atom stereocenters. The zero-order valence-electron chi connectivity index (χ0n) is 12.3. The van der Waals surface area contributed by atoms with Crippen LogP contribution in [0.3, 0.4) is 0 Å². The third-order valence-corrected chi connectivity index (χ3v) is 5.09. The molecule has 21 heavy (non-hydrogen) atoms. The lowest BCUT2D eigenvalue weighted by atomic mass is 10.2. The normalized spacial score (nSPS) is 21.2. The van der Waals surface area contributed by atoms with Crippen LogP contribution >= 0.6 is 11.8 Å². The van der Waals surface area contributed by atoms with Crippen molar-refractivity contribution in [1.29, 1.82) is 0 Å². The molecule has 1 heterocycles. The van der Waals surface area contributed by atoms with Crippen molar-refractivity contribution in [1.82, 2.24) is 9.88 Å². The van der Waals surface area contributed by atoms with Gasteiger partial charge in [-0.3, -0.25) is 9.78 Å². The molecule has 1 fully saturated rings. The third-order valence-electron chi connectivity index (χ3n) is 3.85. The highest BCUT2D eigenvalue weighted by atomic mass is 32.2. The van der Waals surface area contributed by atoms with Gasteiger partial charge < -0.3 is 10.0 Å². The SMILES string of the molecule is CCSC1CCC(N(C)C(=O)c2cc(C(=O)O)ccn2)C1. The van der Waals surface area contributed by atoms with Crippen LogP contribution < -0.4 is 0 Å². The maximum Gasteiger partial charge on any atom is 0.335 e. The van der Waals surface area contributed by atoms with Gasteiger partial charge in [0.05, 0.1) is 5.56 Å². The first-order chi connectivity index (χ1) is 10.0. The summed E-state index contributed by atoms with van der Waals surface area (Å²) in [4.78, 5) is 29.1. The molecule has 0 aromatic carbocycles. The fraction of sp³-hybridized carbons (Fsp3) is 0.533. The van der Waals surface area contributed by atoms with Crippen LogP contribution in [0.15, 0.2) is 18.3 Å². The number of pyridine rings is 1. The van der Waals surface area contributed by atoms with Gasteiger partial charge in [-0.15, -0.1) is 0 Å². The summed E-state index contributed by atoms with van der Waals surface area (Å²) >= 11 is 1.94. The molecular weight excluding hydrogens is 288 g/mol. The lowest BCUT2D eigenvalue weighted by molar-refractivity contribution is 0.0696. The van der Waals surface area contributed by atoms with Crippen LogP contribution in [0.2, 0.25) is 0 Å². The van der Waals surface area contributed by atoms with Crippen molar-refractivity contribution < 1.29 is 14.7 Å². The molecule has 2 rings (SSSR count). The van der Waals surface area contributed by atoms with Crippen LogP contribution in [0.25, 0.3) is 0 Å². The van der Waals surface area contributed by atoms with Crippen molar-refractivity contribution in [2.24, 2.45) is 0 Å². The smallest absolute Gasteiger partial charge is 0.335 e.